The van der Waals surface area contributed by atoms with E-state index in [2.05, 4.69) is 15.9 Å². The van der Waals surface area contributed by atoms with Gasteiger partial charge in [-0.15, -0.1) is 0 Å². The number of carbonyl (C=O) groups excluding carboxylic acids is 2. The Balaban J connectivity index is 2.16. The molecule has 0 saturated carbocycles. The van der Waals surface area contributed by atoms with E-state index in [1.165, 1.54) is 0 Å². The summed E-state index contributed by atoms with van der Waals surface area (Å²) in [4.78, 5) is 25.6. The fraction of sp³-hybridized carbons (Fsp3) is 0.222. The number of carbonyl (C=O) groups is 2. The van der Waals surface area contributed by atoms with Crippen molar-refractivity contribution in [2.75, 3.05) is 19.8 Å². The molecule has 3 rings (SSSR count). The number of halogens is 1. The number of phenolic OH excluding ortho intramolecular Hbond substituents is 4. The first-order valence-corrected chi connectivity index (χ1v) is 8.72. The summed E-state index contributed by atoms with van der Waals surface area (Å²) in [6.45, 7) is 2.51. The van der Waals surface area contributed by atoms with Gasteiger partial charge in [0, 0.05) is 12.7 Å². The van der Waals surface area contributed by atoms with Crippen LogP contribution < -0.4 is 4.74 Å². The third-order valence-electron chi connectivity index (χ3n) is 4.07. The molecule has 8 nitrogen and oxygen atoms in total. The highest BCUT2D eigenvalue weighted by molar-refractivity contribution is 9.10. The van der Waals surface area contributed by atoms with Crippen LogP contribution in [0.2, 0.25) is 0 Å². The standard InChI is InChI=1S/C18H15BrO8/c1-2-26-3-4-27-10-6-9(21)12-14(16(10)23)18(25)11-8(20)5-7(19)15(22)13(11)17(12)24/h5-6,20-23H,2-4H2,1H3. The lowest BCUT2D eigenvalue weighted by molar-refractivity contribution is 0.0965. The monoisotopic (exact) mass is 438 g/mol. The van der Waals surface area contributed by atoms with E-state index in [4.69, 9.17) is 9.47 Å². The van der Waals surface area contributed by atoms with Gasteiger partial charge in [0.2, 0.25) is 11.6 Å². The zero-order valence-electron chi connectivity index (χ0n) is 14.1. The van der Waals surface area contributed by atoms with Crippen molar-refractivity contribution in [1.82, 2.24) is 0 Å². The quantitative estimate of drug-likeness (QED) is 0.352. The average Bonchev–Trinajstić information content (AvgIpc) is 2.62. The van der Waals surface area contributed by atoms with Crippen molar-refractivity contribution in [1.29, 1.82) is 0 Å². The van der Waals surface area contributed by atoms with Gasteiger partial charge in [0.25, 0.3) is 0 Å². The molecule has 0 aromatic heterocycles. The fourth-order valence-electron chi connectivity index (χ4n) is 2.88. The molecule has 0 radical (unpaired) electrons. The maximum atomic E-state index is 12.8. The highest BCUT2D eigenvalue weighted by atomic mass is 79.9. The Morgan fingerprint density at radius 3 is 2.00 bits per heavy atom. The predicted molar refractivity (Wildman–Crippen MR) is 96.1 cm³/mol. The third-order valence-corrected chi connectivity index (χ3v) is 4.68. The van der Waals surface area contributed by atoms with Gasteiger partial charge in [-0.1, -0.05) is 0 Å². The Morgan fingerprint density at radius 2 is 1.41 bits per heavy atom. The van der Waals surface area contributed by atoms with Crippen molar-refractivity contribution in [3.63, 3.8) is 0 Å². The van der Waals surface area contributed by atoms with Crippen LogP contribution in [-0.2, 0) is 4.74 Å². The smallest absolute Gasteiger partial charge is 0.202 e. The van der Waals surface area contributed by atoms with Crippen LogP contribution >= 0.6 is 15.9 Å². The maximum absolute atomic E-state index is 12.8. The van der Waals surface area contributed by atoms with Crippen LogP contribution in [0.1, 0.15) is 38.8 Å². The molecule has 0 bridgehead atoms. The van der Waals surface area contributed by atoms with Gasteiger partial charge in [0.15, 0.2) is 11.5 Å². The lowest BCUT2D eigenvalue weighted by Crippen LogP contribution is -2.22. The van der Waals surface area contributed by atoms with Crippen LogP contribution in [-0.4, -0.2) is 51.8 Å². The molecule has 0 atom stereocenters. The van der Waals surface area contributed by atoms with Crippen molar-refractivity contribution >= 4 is 27.5 Å². The molecule has 1 aliphatic carbocycles. The molecule has 0 amide bonds. The number of benzene rings is 2. The number of aromatic hydroxyl groups is 4. The van der Waals surface area contributed by atoms with Crippen molar-refractivity contribution in [3.05, 3.63) is 38.9 Å². The van der Waals surface area contributed by atoms with E-state index in [9.17, 15) is 30.0 Å². The minimum absolute atomic E-state index is 0.00272. The third kappa shape index (κ3) is 2.98. The molecular formula is C18H15BrO8. The molecule has 1 aliphatic rings. The Labute approximate surface area is 161 Å². The first-order chi connectivity index (χ1) is 12.8. The lowest BCUT2D eigenvalue weighted by atomic mass is 9.82. The minimum atomic E-state index is -0.928. The van der Waals surface area contributed by atoms with Crippen LogP contribution in [0.25, 0.3) is 0 Å². The van der Waals surface area contributed by atoms with Gasteiger partial charge in [-0.25, -0.2) is 0 Å². The predicted octanol–water partition coefficient (Wildman–Crippen LogP) is 2.46. The zero-order valence-corrected chi connectivity index (χ0v) is 15.7. The van der Waals surface area contributed by atoms with E-state index in [0.29, 0.717) is 6.61 Å². The van der Waals surface area contributed by atoms with Crippen molar-refractivity contribution in [2.24, 2.45) is 0 Å². The molecule has 0 fully saturated rings. The summed E-state index contributed by atoms with van der Waals surface area (Å²) in [5.41, 5.74) is -1.90. The molecule has 9 heteroatoms. The van der Waals surface area contributed by atoms with Crippen LogP contribution in [0.5, 0.6) is 28.7 Å². The van der Waals surface area contributed by atoms with Gasteiger partial charge >= 0.3 is 0 Å². The summed E-state index contributed by atoms with van der Waals surface area (Å²) in [6, 6.07) is 2.06. The van der Waals surface area contributed by atoms with Gasteiger partial charge in [-0.3, -0.25) is 9.59 Å². The number of ether oxygens (including phenoxy) is 2. The van der Waals surface area contributed by atoms with E-state index >= 15 is 0 Å². The normalized spacial score (nSPS) is 12.7. The Kier molecular flexibility index (Phi) is 4.99. The van der Waals surface area contributed by atoms with Crippen molar-refractivity contribution in [2.45, 2.75) is 6.92 Å². The van der Waals surface area contributed by atoms with E-state index in [1.807, 2.05) is 0 Å². The van der Waals surface area contributed by atoms with E-state index in [1.54, 1.807) is 6.92 Å². The topological polar surface area (TPSA) is 134 Å². The van der Waals surface area contributed by atoms with Crippen LogP contribution in [0, 0.1) is 0 Å². The van der Waals surface area contributed by atoms with Crippen LogP contribution in [0.15, 0.2) is 16.6 Å². The number of ketones is 2. The summed E-state index contributed by atoms with van der Waals surface area (Å²) in [7, 11) is 0. The molecule has 0 aliphatic heterocycles. The van der Waals surface area contributed by atoms with Crippen molar-refractivity contribution < 1.29 is 39.5 Å². The Hall–Kier alpha value is -2.78. The van der Waals surface area contributed by atoms with Crippen LogP contribution in [0.4, 0.5) is 0 Å². The molecule has 27 heavy (non-hydrogen) atoms. The molecule has 4 N–H and O–H groups in total. The van der Waals surface area contributed by atoms with Gasteiger partial charge in [0.05, 0.1) is 33.3 Å². The first kappa shape index (κ1) is 19.0. The van der Waals surface area contributed by atoms with Gasteiger partial charge < -0.3 is 29.9 Å². The summed E-state index contributed by atoms with van der Waals surface area (Å²) in [5, 5.41) is 40.9. The molecule has 0 saturated heterocycles. The van der Waals surface area contributed by atoms with E-state index < -0.39 is 56.8 Å². The average molecular weight is 439 g/mol. The molecule has 2 aromatic carbocycles. The molecule has 142 valence electrons. The van der Waals surface area contributed by atoms with Gasteiger partial charge in [0.1, 0.15) is 23.9 Å². The zero-order chi connectivity index (χ0) is 19.9. The molecule has 0 spiro atoms. The maximum Gasteiger partial charge on any atom is 0.202 e. The second kappa shape index (κ2) is 7.09. The minimum Gasteiger partial charge on any atom is -0.507 e. The van der Waals surface area contributed by atoms with Gasteiger partial charge in [-0.2, -0.15) is 0 Å². The Morgan fingerprint density at radius 1 is 0.852 bits per heavy atom. The summed E-state index contributed by atoms with van der Waals surface area (Å²) in [6.07, 6.45) is 0. The number of fused-ring (bicyclic) bond motifs is 2. The highest BCUT2D eigenvalue weighted by Gasteiger charge is 2.40. The van der Waals surface area contributed by atoms with Gasteiger partial charge in [-0.05, 0) is 28.9 Å². The summed E-state index contributed by atoms with van der Waals surface area (Å²) < 4.78 is 10.4. The summed E-state index contributed by atoms with van der Waals surface area (Å²) in [5.74, 6) is -4.41. The Bertz CT molecular complexity index is 967. The second-order valence-electron chi connectivity index (χ2n) is 5.67. The number of phenols is 4. The molecule has 2 aromatic rings. The van der Waals surface area contributed by atoms with Crippen LogP contribution in [0.3, 0.4) is 0 Å². The highest BCUT2D eigenvalue weighted by Crippen LogP contribution is 2.48. The van der Waals surface area contributed by atoms with Crippen molar-refractivity contribution in [3.8, 4) is 28.7 Å². The largest absolute Gasteiger partial charge is 0.507 e. The molecule has 0 unspecified atom stereocenters. The second-order valence-corrected chi connectivity index (χ2v) is 6.53. The number of rotatable bonds is 5. The summed E-state index contributed by atoms with van der Waals surface area (Å²) >= 11 is 2.98. The van der Waals surface area contributed by atoms with E-state index in [-0.39, 0.29) is 23.4 Å². The SMILES string of the molecule is CCOCCOc1cc(O)c2c(c1O)C(=O)c1c(O)cc(Br)c(O)c1C2=O. The number of hydrogen-bond donors (Lipinski definition) is 4. The first-order valence-electron chi connectivity index (χ1n) is 7.92. The van der Waals surface area contributed by atoms with E-state index in [0.717, 1.165) is 12.1 Å². The molecule has 0 heterocycles. The lowest BCUT2D eigenvalue weighted by Gasteiger charge is -2.22. The fourth-order valence-corrected chi connectivity index (χ4v) is 3.29. The molecular weight excluding hydrogens is 424 g/mol. The number of hydrogen-bond acceptors (Lipinski definition) is 8.